The molecule has 1 aliphatic rings. The fourth-order valence-corrected chi connectivity index (χ4v) is 3.33. The number of para-hydroxylation sites is 1. The van der Waals surface area contributed by atoms with Crippen molar-refractivity contribution in [3.05, 3.63) is 36.0 Å². The van der Waals surface area contributed by atoms with Gasteiger partial charge in [0.2, 0.25) is 5.91 Å². The average molecular weight is 330 g/mol. The van der Waals surface area contributed by atoms with Crippen molar-refractivity contribution in [2.45, 2.75) is 32.4 Å². The number of rotatable bonds is 5. The standard InChI is InChI=1S/C18H22N2O4/c1-12-9-13-5-2-3-7-15(13)20(12)10-16(21)19-17(18(22)23)14-6-4-8-24-11-14/h2-3,5,7,9,14,17H,4,6,8,10-11H2,1H3,(H,19,21)(H,22,23). The maximum atomic E-state index is 12.4. The third kappa shape index (κ3) is 3.43. The molecule has 6 nitrogen and oxygen atoms in total. The van der Waals surface area contributed by atoms with Gasteiger partial charge < -0.3 is 19.7 Å². The van der Waals surface area contributed by atoms with E-state index in [-0.39, 0.29) is 18.4 Å². The summed E-state index contributed by atoms with van der Waals surface area (Å²) in [6.45, 7) is 3.09. The number of benzene rings is 1. The highest BCUT2D eigenvalue weighted by molar-refractivity contribution is 5.86. The second-order valence-corrected chi connectivity index (χ2v) is 6.29. The molecule has 0 aliphatic carbocycles. The zero-order chi connectivity index (χ0) is 17.1. The SMILES string of the molecule is Cc1cc2ccccc2n1CC(=O)NC(C(=O)O)C1CCCOC1. The zero-order valence-electron chi connectivity index (χ0n) is 13.7. The number of amides is 1. The summed E-state index contributed by atoms with van der Waals surface area (Å²) in [6, 6.07) is 8.95. The van der Waals surface area contributed by atoms with Crippen LogP contribution in [-0.2, 0) is 20.9 Å². The highest BCUT2D eigenvalue weighted by Crippen LogP contribution is 2.20. The summed E-state index contributed by atoms with van der Waals surface area (Å²) >= 11 is 0. The summed E-state index contributed by atoms with van der Waals surface area (Å²) in [7, 11) is 0. The largest absolute Gasteiger partial charge is 0.480 e. The van der Waals surface area contributed by atoms with Gasteiger partial charge in [0.1, 0.15) is 12.6 Å². The van der Waals surface area contributed by atoms with Gasteiger partial charge in [-0.2, -0.15) is 0 Å². The summed E-state index contributed by atoms with van der Waals surface area (Å²) < 4.78 is 7.26. The van der Waals surface area contributed by atoms with E-state index in [1.54, 1.807) is 0 Å². The van der Waals surface area contributed by atoms with Gasteiger partial charge in [-0.1, -0.05) is 18.2 Å². The molecule has 2 heterocycles. The molecule has 1 aromatic carbocycles. The first kappa shape index (κ1) is 16.5. The fraction of sp³-hybridized carbons (Fsp3) is 0.444. The van der Waals surface area contributed by atoms with Gasteiger partial charge >= 0.3 is 5.97 Å². The van der Waals surface area contributed by atoms with Crippen molar-refractivity contribution in [2.24, 2.45) is 5.92 Å². The fourth-order valence-electron chi connectivity index (χ4n) is 3.33. The Labute approximate surface area is 140 Å². The lowest BCUT2D eigenvalue weighted by Crippen LogP contribution is -2.49. The monoisotopic (exact) mass is 330 g/mol. The molecule has 128 valence electrons. The Morgan fingerprint density at radius 2 is 2.21 bits per heavy atom. The van der Waals surface area contributed by atoms with Gasteiger partial charge in [-0.3, -0.25) is 4.79 Å². The van der Waals surface area contributed by atoms with Crippen LogP contribution in [0.1, 0.15) is 18.5 Å². The molecular formula is C18H22N2O4. The number of aryl methyl sites for hydroxylation is 1. The van der Waals surface area contributed by atoms with E-state index in [0.29, 0.717) is 13.2 Å². The van der Waals surface area contributed by atoms with E-state index in [1.807, 2.05) is 41.8 Å². The molecule has 2 N–H and O–H groups in total. The maximum absolute atomic E-state index is 12.4. The molecule has 1 amide bonds. The first-order chi connectivity index (χ1) is 11.6. The lowest BCUT2D eigenvalue weighted by molar-refractivity contribution is -0.145. The normalized spacial score (nSPS) is 19.1. The van der Waals surface area contributed by atoms with E-state index in [4.69, 9.17) is 4.74 Å². The number of carbonyl (C=O) groups is 2. The third-order valence-electron chi connectivity index (χ3n) is 4.57. The number of nitrogens with zero attached hydrogens (tertiary/aromatic N) is 1. The predicted octanol–water partition coefficient (Wildman–Crippen LogP) is 1.95. The molecule has 0 spiro atoms. The second kappa shape index (κ2) is 7.05. The van der Waals surface area contributed by atoms with Crippen LogP contribution in [0.3, 0.4) is 0 Å². The van der Waals surface area contributed by atoms with Crippen LogP contribution in [0.15, 0.2) is 30.3 Å². The van der Waals surface area contributed by atoms with Gasteiger partial charge in [0, 0.05) is 23.7 Å². The molecule has 1 saturated heterocycles. The van der Waals surface area contributed by atoms with Gasteiger partial charge in [0.15, 0.2) is 0 Å². The number of carboxylic acids is 1. The van der Waals surface area contributed by atoms with Gasteiger partial charge in [-0.25, -0.2) is 4.79 Å². The topological polar surface area (TPSA) is 80.6 Å². The molecule has 2 aromatic rings. The van der Waals surface area contributed by atoms with Crippen molar-refractivity contribution < 1.29 is 19.4 Å². The maximum Gasteiger partial charge on any atom is 0.326 e. The Balaban J connectivity index is 1.73. The summed E-state index contributed by atoms with van der Waals surface area (Å²) in [5.74, 6) is -1.48. The van der Waals surface area contributed by atoms with Crippen molar-refractivity contribution in [1.29, 1.82) is 0 Å². The molecule has 1 aromatic heterocycles. The van der Waals surface area contributed by atoms with Crippen LogP contribution >= 0.6 is 0 Å². The van der Waals surface area contributed by atoms with E-state index in [0.717, 1.165) is 29.4 Å². The Bertz CT molecular complexity index is 747. The molecule has 0 saturated carbocycles. The molecule has 0 bridgehead atoms. The molecule has 2 unspecified atom stereocenters. The molecular weight excluding hydrogens is 308 g/mol. The Morgan fingerprint density at radius 3 is 2.92 bits per heavy atom. The lowest BCUT2D eigenvalue weighted by atomic mass is 9.93. The number of aromatic nitrogens is 1. The average Bonchev–Trinajstić information content (AvgIpc) is 2.89. The van der Waals surface area contributed by atoms with Crippen molar-refractivity contribution in [3.63, 3.8) is 0 Å². The number of carboxylic acid groups (broad SMARTS) is 1. The number of ether oxygens (including phenoxy) is 1. The number of nitrogens with one attached hydrogen (secondary N) is 1. The molecule has 24 heavy (non-hydrogen) atoms. The molecule has 1 aliphatic heterocycles. The van der Waals surface area contributed by atoms with Crippen molar-refractivity contribution in [3.8, 4) is 0 Å². The molecule has 1 fully saturated rings. The number of fused-ring (bicyclic) bond motifs is 1. The van der Waals surface area contributed by atoms with Crippen molar-refractivity contribution >= 4 is 22.8 Å². The summed E-state index contributed by atoms with van der Waals surface area (Å²) in [5, 5.41) is 13.2. The van der Waals surface area contributed by atoms with Gasteiger partial charge in [-0.15, -0.1) is 0 Å². The molecule has 6 heteroatoms. The van der Waals surface area contributed by atoms with E-state index in [9.17, 15) is 14.7 Å². The zero-order valence-corrected chi connectivity index (χ0v) is 13.7. The van der Waals surface area contributed by atoms with E-state index < -0.39 is 12.0 Å². The summed E-state index contributed by atoms with van der Waals surface area (Å²) in [5.41, 5.74) is 1.94. The molecule has 0 radical (unpaired) electrons. The minimum absolute atomic E-state index is 0.108. The van der Waals surface area contributed by atoms with Crippen LogP contribution in [-0.4, -0.2) is 40.8 Å². The lowest BCUT2D eigenvalue weighted by Gasteiger charge is -2.28. The van der Waals surface area contributed by atoms with E-state index >= 15 is 0 Å². The van der Waals surface area contributed by atoms with Crippen LogP contribution in [0.2, 0.25) is 0 Å². The summed E-state index contributed by atoms with van der Waals surface area (Å²) in [6.07, 6.45) is 1.58. The minimum atomic E-state index is -1.01. The summed E-state index contributed by atoms with van der Waals surface area (Å²) in [4.78, 5) is 24.0. The van der Waals surface area contributed by atoms with Crippen LogP contribution in [0.4, 0.5) is 0 Å². The van der Waals surface area contributed by atoms with Crippen molar-refractivity contribution in [1.82, 2.24) is 9.88 Å². The van der Waals surface area contributed by atoms with Crippen LogP contribution in [0, 0.1) is 12.8 Å². The highest BCUT2D eigenvalue weighted by atomic mass is 16.5. The number of hydrogen-bond acceptors (Lipinski definition) is 3. The first-order valence-electron chi connectivity index (χ1n) is 8.21. The van der Waals surface area contributed by atoms with Crippen LogP contribution in [0.25, 0.3) is 10.9 Å². The second-order valence-electron chi connectivity index (χ2n) is 6.29. The Kier molecular flexibility index (Phi) is 4.85. The predicted molar refractivity (Wildman–Crippen MR) is 89.8 cm³/mol. The Hall–Kier alpha value is -2.34. The van der Waals surface area contributed by atoms with Crippen LogP contribution in [0.5, 0.6) is 0 Å². The number of hydrogen-bond donors (Lipinski definition) is 2. The minimum Gasteiger partial charge on any atom is -0.480 e. The number of aliphatic carboxylic acids is 1. The smallest absolute Gasteiger partial charge is 0.326 e. The molecule has 2 atom stereocenters. The van der Waals surface area contributed by atoms with Gasteiger partial charge in [-0.05, 0) is 37.3 Å². The third-order valence-corrected chi connectivity index (χ3v) is 4.57. The highest BCUT2D eigenvalue weighted by Gasteiger charge is 2.31. The van der Waals surface area contributed by atoms with Crippen molar-refractivity contribution in [2.75, 3.05) is 13.2 Å². The Morgan fingerprint density at radius 1 is 1.42 bits per heavy atom. The van der Waals surface area contributed by atoms with E-state index in [1.165, 1.54) is 0 Å². The first-order valence-corrected chi connectivity index (χ1v) is 8.21. The van der Waals surface area contributed by atoms with E-state index in [2.05, 4.69) is 5.32 Å². The van der Waals surface area contributed by atoms with Crippen LogP contribution < -0.4 is 5.32 Å². The number of carbonyl (C=O) groups excluding carboxylic acids is 1. The quantitative estimate of drug-likeness (QED) is 0.878. The van der Waals surface area contributed by atoms with Gasteiger partial charge in [0.05, 0.1) is 6.61 Å². The molecule has 3 rings (SSSR count). The van der Waals surface area contributed by atoms with Gasteiger partial charge in [0.25, 0.3) is 0 Å².